The van der Waals surface area contributed by atoms with Crippen LogP contribution in [0.5, 0.6) is 5.75 Å². The molecule has 0 saturated carbocycles. The van der Waals surface area contributed by atoms with Gasteiger partial charge in [-0.25, -0.2) is 9.18 Å². The highest BCUT2D eigenvalue weighted by atomic mass is 19.1. The third-order valence-corrected chi connectivity index (χ3v) is 4.16. The van der Waals surface area contributed by atoms with Crippen molar-refractivity contribution >= 4 is 11.7 Å². The molecule has 0 atom stereocenters. The average molecular weight is 328 g/mol. The van der Waals surface area contributed by atoms with E-state index in [2.05, 4.69) is 6.07 Å². The highest BCUT2D eigenvalue weighted by Gasteiger charge is 2.26. The van der Waals surface area contributed by atoms with E-state index in [0.29, 0.717) is 18.9 Å². The number of carbonyl (C=O) groups excluding carboxylic acids is 1. The summed E-state index contributed by atoms with van der Waals surface area (Å²) >= 11 is 0. The second-order valence-electron chi connectivity index (χ2n) is 5.89. The number of halogens is 1. The Morgan fingerprint density at radius 2 is 1.96 bits per heavy atom. The summed E-state index contributed by atoms with van der Waals surface area (Å²) in [5, 5.41) is 0. The first-order valence-electron chi connectivity index (χ1n) is 8.14. The van der Waals surface area contributed by atoms with Crippen LogP contribution in [-0.4, -0.2) is 37.7 Å². The third-order valence-electron chi connectivity index (χ3n) is 4.16. The number of para-hydroxylation sites is 1. The van der Waals surface area contributed by atoms with Crippen molar-refractivity contribution < 1.29 is 13.9 Å². The summed E-state index contributed by atoms with van der Waals surface area (Å²) in [7, 11) is 1.81. The van der Waals surface area contributed by atoms with Crippen LogP contribution in [0.25, 0.3) is 0 Å². The molecule has 0 fully saturated rings. The van der Waals surface area contributed by atoms with E-state index in [0.717, 1.165) is 25.1 Å². The molecular formula is C19H21FN2O2. The van der Waals surface area contributed by atoms with Gasteiger partial charge in [-0.05, 0) is 48.7 Å². The van der Waals surface area contributed by atoms with Gasteiger partial charge in [-0.1, -0.05) is 18.2 Å². The van der Waals surface area contributed by atoms with Crippen molar-refractivity contribution in [2.45, 2.75) is 12.8 Å². The van der Waals surface area contributed by atoms with Crippen LogP contribution in [0.3, 0.4) is 0 Å². The molecule has 1 aliphatic heterocycles. The molecule has 0 spiro atoms. The molecule has 1 aliphatic rings. The number of amides is 2. The standard InChI is InChI=1S/C19H21FN2O2/c1-21(12-4-14-24-17-9-7-16(20)8-10-17)19(23)22-13-11-15-5-2-3-6-18(15)22/h2-3,5-10H,4,11-14H2,1H3. The molecule has 5 heteroatoms. The summed E-state index contributed by atoms with van der Waals surface area (Å²) in [6, 6.07) is 14.0. The minimum Gasteiger partial charge on any atom is -0.494 e. The maximum Gasteiger partial charge on any atom is 0.324 e. The normalized spacial score (nSPS) is 12.8. The largest absolute Gasteiger partial charge is 0.494 e. The highest BCUT2D eigenvalue weighted by molar-refractivity contribution is 5.94. The summed E-state index contributed by atoms with van der Waals surface area (Å²) in [4.78, 5) is 16.1. The Morgan fingerprint density at radius 1 is 1.21 bits per heavy atom. The number of carbonyl (C=O) groups is 1. The number of anilines is 1. The van der Waals surface area contributed by atoms with Crippen molar-refractivity contribution in [1.29, 1.82) is 0 Å². The zero-order valence-corrected chi connectivity index (χ0v) is 13.7. The third kappa shape index (κ3) is 3.67. The number of rotatable bonds is 5. The topological polar surface area (TPSA) is 32.8 Å². The lowest BCUT2D eigenvalue weighted by molar-refractivity contribution is 0.210. The summed E-state index contributed by atoms with van der Waals surface area (Å²) in [6.07, 6.45) is 1.62. The summed E-state index contributed by atoms with van der Waals surface area (Å²) in [5.41, 5.74) is 2.23. The first-order chi connectivity index (χ1) is 11.6. The SMILES string of the molecule is CN(CCCOc1ccc(F)cc1)C(=O)N1CCc2ccccc21. The number of nitrogens with zero attached hydrogens (tertiary/aromatic N) is 2. The fourth-order valence-corrected chi connectivity index (χ4v) is 2.86. The van der Waals surface area contributed by atoms with E-state index in [-0.39, 0.29) is 11.8 Å². The van der Waals surface area contributed by atoms with Crippen LogP contribution in [0, 0.1) is 5.82 Å². The van der Waals surface area contributed by atoms with Gasteiger partial charge in [0.05, 0.1) is 6.61 Å². The molecule has 2 aromatic carbocycles. The molecule has 2 amide bonds. The molecule has 2 aromatic rings. The molecule has 0 N–H and O–H groups in total. The molecule has 0 aliphatic carbocycles. The second kappa shape index (κ2) is 7.34. The lowest BCUT2D eigenvalue weighted by atomic mass is 10.2. The lowest BCUT2D eigenvalue weighted by Crippen LogP contribution is -2.41. The van der Waals surface area contributed by atoms with E-state index in [9.17, 15) is 9.18 Å². The summed E-state index contributed by atoms with van der Waals surface area (Å²) in [6.45, 7) is 1.83. The molecule has 0 saturated heterocycles. The van der Waals surface area contributed by atoms with E-state index in [1.807, 2.05) is 23.1 Å². The van der Waals surface area contributed by atoms with Crippen LogP contribution in [0.4, 0.5) is 14.9 Å². The van der Waals surface area contributed by atoms with E-state index < -0.39 is 0 Å². The van der Waals surface area contributed by atoms with E-state index >= 15 is 0 Å². The number of fused-ring (bicyclic) bond motifs is 1. The molecular weight excluding hydrogens is 307 g/mol. The molecule has 3 rings (SSSR count). The van der Waals surface area contributed by atoms with Crippen LogP contribution in [-0.2, 0) is 6.42 Å². The minimum absolute atomic E-state index is 0.0155. The highest BCUT2D eigenvalue weighted by Crippen LogP contribution is 2.28. The number of hydrogen-bond acceptors (Lipinski definition) is 2. The average Bonchev–Trinajstić information content (AvgIpc) is 3.03. The van der Waals surface area contributed by atoms with Gasteiger partial charge in [-0.3, -0.25) is 4.90 Å². The van der Waals surface area contributed by atoms with Gasteiger partial charge in [-0.15, -0.1) is 0 Å². The summed E-state index contributed by atoms with van der Waals surface area (Å²) in [5.74, 6) is 0.359. The van der Waals surface area contributed by atoms with Crippen molar-refractivity contribution in [2.24, 2.45) is 0 Å². The van der Waals surface area contributed by atoms with Crippen molar-refractivity contribution in [1.82, 2.24) is 4.90 Å². The molecule has 126 valence electrons. The number of benzene rings is 2. The Labute approximate surface area is 141 Å². The smallest absolute Gasteiger partial charge is 0.324 e. The van der Waals surface area contributed by atoms with Crippen molar-refractivity contribution in [3.63, 3.8) is 0 Å². The Bertz CT molecular complexity index is 703. The van der Waals surface area contributed by atoms with Gasteiger partial charge < -0.3 is 9.64 Å². The quantitative estimate of drug-likeness (QED) is 0.784. The van der Waals surface area contributed by atoms with Crippen LogP contribution in [0.15, 0.2) is 48.5 Å². The molecule has 0 aromatic heterocycles. The van der Waals surface area contributed by atoms with Gasteiger partial charge in [0.15, 0.2) is 0 Å². The second-order valence-corrected chi connectivity index (χ2v) is 5.89. The Kier molecular flexibility index (Phi) is 4.99. The molecule has 0 bridgehead atoms. The fraction of sp³-hybridized carbons (Fsp3) is 0.316. The van der Waals surface area contributed by atoms with Crippen molar-refractivity contribution in [2.75, 3.05) is 31.6 Å². The fourth-order valence-electron chi connectivity index (χ4n) is 2.86. The molecule has 1 heterocycles. The first-order valence-corrected chi connectivity index (χ1v) is 8.14. The van der Waals surface area contributed by atoms with Gasteiger partial charge in [0.25, 0.3) is 0 Å². The monoisotopic (exact) mass is 328 g/mol. The molecule has 4 nitrogen and oxygen atoms in total. The van der Waals surface area contributed by atoms with E-state index in [1.165, 1.54) is 17.7 Å². The summed E-state index contributed by atoms with van der Waals surface area (Å²) < 4.78 is 18.4. The van der Waals surface area contributed by atoms with Gasteiger partial charge in [0.2, 0.25) is 0 Å². The minimum atomic E-state index is -0.279. The Hall–Kier alpha value is -2.56. The predicted molar refractivity (Wildman–Crippen MR) is 92.0 cm³/mol. The van der Waals surface area contributed by atoms with Gasteiger partial charge in [0, 0.05) is 25.8 Å². The van der Waals surface area contributed by atoms with Crippen LogP contribution >= 0.6 is 0 Å². The maximum atomic E-state index is 12.8. The first kappa shape index (κ1) is 16.3. The van der Waals surface area contributed by atoms with Gasteiger partial charge in [0.1, 0.15) is 11.6 Å². The Balaban J connectivity index is 1.46. The van der Waals surface area contributed by atoms with Gasteiger partial charge in [-0.2, -0.15) is 0 Å². The number of hydrogen-bond donors (Lipinski definition) is 0. The Morgan fingerprint density at radius 3 is 2.75 bits per heavy atom. The molecule has 0 radical (unpaired) electrons. The van der Waals surface area contributed by atoms with Crippen molar-refractivity contribution in [3.8, 4) is 5.75 Å². The maximum absolute atomic E-state index is 12.8. The van der Waals surface area contributed by atoms with Crippen LogP contribution in [0.1, 0.15) is 12.0 Å². The van der Waals surface area contributed by atoms with E-state index in [4.69, 9.17) is 4.74 Å². The number of urea groups is 1. The van der Waals surface area contributed by atoms with E-state index in [1.54, 1.807) is 24.1 Å². The zero-order valence-electron chi connectivity index (χ0n) is 13.7. The van der Waals surface area contributed by atoms with Gasteiger partial charge >= 0.3 is 6.03 Å². The van der Waals surface area contributed by atoms with Crippen LogP contribution in [0.2, 0.25) is 0 Å². The van der Waals surface area contributed by atoms with Crippen molar-refractivity contribution in [3.05, 3.63) is 59.9 Å². The molecule has 0 unspecified atom stereocenters. The zero-order chi connectivity index (χ0) is 16.9. The molecule has 24 heavy (non-hydrogen) atoms. The van der Waals surface area contributed by atoms with Crippen LogP contribution < -0.4 is 9.64 Å². The number of ether oxygens (including phenoxy) is 1. The lowest BCUT2D eigenvalue weighted by Gasteiger charge is -2.25. The predicted octanol–water partition coefficient (Wildman–Crippen LogP) is 3.71.